The number of carbonyl (C=O) groups excluding carboxylic acids is 4. The van der Waals surface area contributed by atoms with Gasteiger partial charge in [-0.05, 0) is 35.9 Å². The molecule has 1 fully saturated rings. The fourth-order valence-electron chi connectivity index (χ4n) is 2.74. The van der Waals surface area contributed by atoms with E-state index in [1.165, 1.54) is 32.4 Å². The second kappa shape index (κ2) is 9.44. The normalized spacial score (nSPS) is 13.1. The Balaban J connectivity index is 1.70. The lowest BCUT2D eigenvalue weighted by molar-refractivity contribution is -0.124. The van der Waals surface area contributed by atoms with Gasteiger partial charge >= 0.3 is 6.03 Å². The van der Waals surface area contributed by atoms with Crippen molar-refractivity contribution in [3.05, 3.63) is 53.6 Å². The van der Waals surface area contributed by atoms with Gasteiger partial charge in [0.2, 0.25) is 0 Å². The number of urea groups is 1. The zero-order chi connectivity index (χ0) is 22.4. The van der Waals surface area contributed by atoms with Crippen LogP contribution < -0.4 is 30.2 Å². The van der Waals surface area contributed by atoms with Gasteiger partial charge in [0.05, 0.1) is 19.9 Å². The van der Waals surface area contributed by atoms with E-state index < -0.39 is 23.8 Å². The molecular weight excluding hydrogens is 406 g/mol. The van der Waals surface area contributed by atoms with Crippen LogP contribution in [0.15, 0.2) is 48.0 Å². The lowest BCUT2D eigenvalue weighted by atomic mass is 10.1. The van der Waals surface area contributed by atoms with Crippen molar-refractivity contribution in [2.45, 2.75) is 0 Å². The average molecular weight is 425 g/mol. The minimum atomic E-state index is -0.875. The molecule has 1 saturated heterocycles. The van der Waals surface area contributed by atoms with Gasteiger partial charge in [-0.15, -0.1) is 0 Å². The lowest BCUT2D eigenvalue weighted by Crippen LogP contribution is -2.51. The summed E-state index contributed by atoms with van der Waals surface area (Å²) in [6.45, 7) is -0.290. The van der Waals surface area contributed by atoms with Gasteiger partial charge in [0, 0.05) is 0 Å². The molecule has 0 atom stereocenters. The van der Waals surface area contributed by atoms with Gasteiger partial charge < -0.3 is 19.5 Å². The summed E-state index contributed by atoms with van der Waals surface area (Å²) in [6, 6.07) is 10.7. The topological polar surface area (TPSA) is 132 Å². The Kier molecular flexibility index (Phi) is 6.51. The first-order valence-electron chi connectivity index (χ1n) is 9.03. The number of methoxy groups -OCH3 is 2. The molecule has 0 spiro atoms. The van der Waals surface area contributed by atoms with Crippen molar-refractivity contribution in [1.82, 2.24) is 10.6 Å². The van der Waals surface area contributed by atoms with Crippen molar-refractivity contribution < 1.29 is 33.4 Å². The van der Waals surface area contributed by atoms with Crippen LogP contribution in [0.3, 0.4) is 0 Å². The fraction of sp³-hybridized carbons (Fsp3) is 0.143. The molecule has 160 valence electrons. The van der Waals surface area contributed by atoms with E-state index >= 15 is 0 Å². The summed E-state index contributed by atoms with van der Waals surface area (Å²) in [5.74, 6) is -0.928. The van der Waals surface area contributed by atoms with Gasteiger partial charge in [-0.25, -0.2) is 4.79 Å². The summed E-state index contributed by atoms with van der Waals surface area (Å²) in [6.07, 6.45) is 1.30. The van der Waals surface area contributed by atoms with E-state index in [2.05, 4.69) is 5.32 Å². The maximum Gasteiger partial charge on any atom is 0.328 e. The van der Waals surface area contributed by atoms with Crippen LogP contribution in [-0.4, -0.2) is 44.6 Å². The number of para-hydroxylation sites is 2. The van der Waals surface area contributed by atoms with Gasteiger partial charge in [0.25, 0.3) is 17.7 Å². The Labute approximate surface area is 177 Å². The number of imide groups is 2. The first-order valence-corrected chi connectivity index (χ1v) is 9.03. The minimum absolute atomic E-state index is 0.230. The van der Waals surface area contributed by atoms with Crippen molar-refractivity contribution in [3.63, 3.8) is 0 Å². The third kappa shape index (κ3) is 5.18. The van der Waals surface area contributed by atoms with E-state index in [1.807, 2.05) is 10.6 Å². The van der Waals surface area contributed by atoms with Crippen LogP contribution >= 0.6 is 0 Å². The molecule has 2 aromatic carbocycles. The summed E-state index contributed by atoms with van der Waals surface area (Å²) in [5.41, 5.74) is 0.735. The second-order valence-electron chi connectivity index (χ2n) is 6.24. The molecule has 3 N–H and O–H groups in total. The summed E-state index contributed by atoms with van der Waals surface area (Å²) < 4.78 is 16.0. The second-order valence-corrected chi connectivity index (χ2v) is 6.24. The van der Waals surface area contributed by atoms with Crippen molar-refractivity contribution in [2.24, 2.45) is 0 Å². The Morgan fingerprint density at radius 1 is 0.935 bits per heavy atom. The molecule has 10 heteroatoms. The van der Waals surface area contributed by atoms with Crippen molar-refractivity contribution >= 4 is 35.5 Å². The van der Waals surface area contributed by atoms with E-state index in [-0.39, 0.29) is 23.7 Å². The number of hydrogen-bond donors (Lipinski definition) is 3. The molecule has 3 rings (SSSR count). The number of hydrogen-bond acceptors (Lipinski definition) is 7. The first kappa shape index (κ1) is 21.4. The number of barbiturate groups is 1. The van der Waals surface area contributed by atoms with E-state index in [0.29, 0.717) is 17.0 Å². The molecule has 2 aromatic rings. The zero-order valence-electron chi connectivity index (χ0n) is 16.7. The Morgan fingerprint density at radius 2 is 1.61 bits per heavy atom. The van der Waals surface area contributed by atoms with Gasteiger partial charge in [-0.1, -0.05) is 18.2 Å². The highest BCUT2D eigenvalue weighted by atomic mass is 16.5. The number of amides is 5. The number of benzene rings is 2. The van der Waals surface area contributed by atoms with Crippen molar-refractivity contribution in [2.75, 3.05) is 26.1 Å². The van der Waals surface area contributed by atoms with Crippen LogP contribution in [0.4, 0.5) is 10.5 Å². The molecule has 10 nitrogen and oxygen atoms in total. The van der Waals surface area contributed by atoms with Crippen LogP contribution in [-0.2, 0) is 14.4 Å². The molecule has 0 aliphatic carbocycles. The highest BCUT2D eigenvalue weighted by Gasteiger charge is 2.27. The third-order valence-electron chi connectivity index (χ3n) is 4.18. The third-order valence-corrected chi connectivity index (χ3v) is 4.18. The van der Waals surface area contributed by atoms with E-state index in [9.17, 15) is 19.2 Å². The molecule has 1 aliphatic heterocycles. The number of anilines is 1. The molecule has 1 heterocycles. The zero-order valence-corrected chi connectivity index (χ0v) is 16.7. The average Bonchev–Trinajstić information content (AvgIpc) is 2.75. The van der Waals surface area contributed by atoms with Crippen molar-refractivity contribution in [1.29, 1.82) is 0 Å². The lowest BCUT2D eigenvalue weighted by Gasteiger charge is -2.15. The number of carbonyl (C=O) groups is 4. The maximum atomic E-state index is 12.2. The molecule has 1 aliphatic rings. The minimum Gasteiger partial charge on any atom is -0.495 e. The fourth-order valence-corrected chi connectivity index (χ4v) is 2.74. The van der Waals surface area contributed by atoms with Gasteiger partial charge in [-0.3, -0.25) is 25.0 Å². The molecule has 0 unspecified atom stereocenters. The highest BCUT2D eigenvalue weighted by Crippen LogP contribution is 2.29. The Morgan fingerprint density at radius 3 is 2.29 bits per heavy atom. The number of nitrogens with one attached hydrogen (secondary N) is 3. The maximum absolute atomic E-state index is 12.2. The van der Waals surface area contributed by atoms with Crippen LogP contribution in [0.25, 0.3) is 6.08 Å². The quantitative estimate of drug-likeness (QED) is 0.452. The summed E-state index contributed by atoms with van der Waals surface area (Å²) in [4.78, 5) is 47.0. The number of rotatable bonds is 7. The Bertz CT molecular complexity index is 1060. The molecule has 5 amide bonds. The standard InChI is InChI=1S/C21H19N3O7/c1-29-15-6-4-3-5-14(15)22-18(25)11-31-16-8-7-12(10-17(16)30-2)9-13-19(26)23-21(28)24-20(13)27/h3-10H,11H2,1-2H3,(H,22,25)(H2,23,24,26,27,28). The summed E-state index contributed by atoms with van der Waals surface area (Å²) in [7, 11) is 2.91. The molecule has 31 heavy (non-hydrogen) atoms. The van der Waals surface area contributed by atoms with Crippen LogP contribution in [0.2, 0.25) is 0 Å². The molecule has 0 aromatic heterocycles. The van der Waals surface area contributed by atoms with Gasteiger partial charge in [-0.2, -0.15) is 0 Å². The van der Waals surface area contributed by atoms with Crippen LogP contribution in [0.1, 0.15) is 5.56 Å². The largest absolute Gasteiger partial charge is 0.495 e. The van der Waals surface area contributed by atoms with E-state index in [0.717, 1.165) is 0 Å². The SMILES string of the molecule is COc1ccccc1NC(=O)COc1ccc(C=C2C(=O)NC(=O)NC2=O)cc1OC. The molecule has 0 saturated carbocycles. The highest BCUT2D eigenvalue weighted by molar-refractivity contribution is 6.31. The van der Waals surface area contributed by atoms with Crippen molar-refractivity contribution in [3.8, 4) is 17.2 Å². The van der Waals surface area contributed by atoms with E-state index in [4.69, 9.17) is 14.2 Å². The van der Waals surface area contributed by atoms with Crippen LogP contribution in [0, 0.1) is 0 Å². The van der Waals surface area contributed by atoms with Gasteiger partial charge in [0.15, 0.2) is 18.1 Å². The smallest absolute Gasteiger partial charge is 0.328 e. The monoisotopic (exact) mass is 425 g/mol. The summed E-state index contributed by atoms with van der Waals surface area (Å²) in [5, 5.41) is 6.68. The molecule has 0 radical (unpaired) electrons. The molecule has 0 bridgehead atoms. The van der Waals surface area contributed by atoms with Gasteiger partial charge in [0.1, 0.15) is 11.3 Å². The Hall–Kier alpha value is -4.34. The molecular formula is C21H19N3O7. The summed E-state index contributed by atoms with van der Waals surface area (Å²) >= 11 is 0. The predicted molar refractivity (Wildman–Crippen MR) is 110 cm³/mol. The van der Waals surface area contributed by atoms with E-state index in [1.54, 1.807) is 30.3 Å². The van der Waals surface area contributed by atoms with Crippen LogP contribution in [0.5, 0.6) is 17.2 Å². The predicted octanol–water partition coefficient (Wildman–Crippen LogP) is 1.47. The first-order chi connectivity index (χ1) is 14.9. The number of ether oxygens (including phenoxy) is 3.